The quantitative estimate of drug-likeness (QED) is 0.799. The number of amides is 1. The molecule has 2 heterocycles. The molecule has 2 aromatic rings. The number of anilines is 1. The molecule has 1 aliphatic heterocycles. The van der Waals surface area contributed by atoms with Crippen molar-refractivity contribution >= 4 is 21.9 Å². The Kier molecular flexibility index (Phi) is 4.15. The largest absolute Gasteiger partial charge is 0.487 e. The Balaban J connectivity index is 1.78. The van der Waals surface area contributed by atoms with Crippen molar-refractivity contribution in [1.29, 1.82) is 0 Å². The third kappa shape index (κ3) is 3.73. The van der Waals surface area contributed by atoms with E-state index in [-0.39, 0.29) is 28.9 Å². The summed E-state index contributed by atoms with van der Waals surface area (Å²) in [4.78, 5) is 15.3. The summed E-state index contributed by atoms with van der Waals surface area (Å²) in [6.07, 6.45) is 1.91. The molecule has 3 rings (SSSR count). The van der Waals surface area contributed by atoms with Gasteiger partial charge in [0.1, 0.15) is 24.2 Å². The Hall–Kier alpha value is -2.62. The van der Waals surface area contributed by atoms with Crippen LogP contribution in [0.2, 0.25) is 0 Å². The highest BCUT2D eigenvalue weighted by Gasteiger charge is 2.31. The molecule has 0 fully saturated rings. The topological polar surface area (TPSA) is 115 Å². The Labute approximate surface area is 145 Å². The normalized spacial score (nSPS) is 15.3. The second kappa shape index (κ2) is 6.03. The zero-order valence-electron chi connectivity index (χ0n) is 14.1. The number of aromatic nitrogens is 3. The lowest BCUT2D eigenvalue weighted by atomic mass is 10.0. The molecule has 134 valence electrons. The van der Waals surface area contributed by atoms with Crippen molar-refractivity contribution in [3.05, 3.63) is 30.1 Å². The fourth-order valence-electron chi connectivity index (χ4n) is 2.58. The van der Waals surface area contributed by atoms with Gasteiger partial charge in [0.25, 0.3) is 16.0 Å². The van der Waals surface area contributed by atoms with Crippen LogP contribution in [0.4, 0.5) is 5.95 Å². The highest BCUT2D eigenvalue weighted by Crippen LogP contribution is 2.36. The smallest absolute Gasteiger partial charge is 0.264 e. The molecule has 0 bridgehead atoms. The maximum absolute atomic E-state index is 12.5. The Bertz CT molecular complexity index is 920. The van der Waals surface area contributed by atoms with Crippen LogP contribution in [0.5, 0.6) is 5.75 Å². The number of likely N-dealkylation sites (N-methyl/N-ethyl adjacent to an activating group) is 1. The van der Waals surface area contributed by atoms with Crippen molar-refractivity contribution in [1.82, 2.24) is 20.1 Å². The van der Waals surface area contributed by atoms with Gasteiger partial charge in [0.05, 0.1) is 4.90 Å². The first kappa shape index (κ1) is 17.2. The molecule has 9 nitrogen and oxygen atoms in total. The second-order valence-electron chi connectivity index (χ2n) is 6.35. The summed E-state index contributed by atoms with van der Waals surface area (Å²) in [5.74, 6) is 0.332. The summed E-state index contributed by atoms with van der Waals surface area (Å²) in [6, 6.07) is 4.72. The van der Waals surface area contributed by atoms with Crippen LogP contribution in [-0.4, -0.2) is 41.7 Å². The highest BCUT2D eigenvalue weighted by atomic mass is 32.2. The van der Waals surface area contributed by atoms with Crippen LogP contribution in [0.25, 0.3) is 0 Å². The molecule has 0 atom stereocenters. The van der Waals surface area contributed by atoms with E-state index in [1.165, 1.54) is 24.1 Å². The molecule has 1 aliphatic rings. The van der Waals surface area contributed by atoms with Crippen molar-refractivity contribution in [3.8, 4) is 5.75 Å². The van der Waals surface area contributed by atoms with Gasteiger partial charge in [-0.2, -0.15) is 4.98 Å². The highest BCUT2D eigenvalue weighted by molar-refractivity contribution is 7.92. The van der Waals surface area contributed by atoms with Crippen LogP contribution in [0.3, 0.4) is 0 Å². The van der Waals surface area contributed by atoms with Gasteiger partial charge in [0.15, 0.2) is 0 Å². The number of nitrogens with one attached hydrogen (secondary N) is 2. The number of rotatable bonds is 5. The number of benzene rings is 1. The van der Waals surface area contributed by atoms with E-state index in [9.17, 15) is 13.2 Å². The molecule has 0 spiro atoms. The molecule has 0 saturated carbocycles. The fraction of sp³-hybridized carbons (Fsp3) is 0.400. The first-order valence-electron chi connectivity index (χ1n) is 7.63. The second-order valence-corrected chi connectivity index (χ2v) is 8.03. The molecule has 0 saturated heterocycles. The minimum atomic E-state index is -3.84. The molecule has 10 heteroatoms. The average Bonchev–Trinajstić information content (AvgIpc) is 3.07. The maximum Gasteiger partial charge on any atom is 0.264 e. The third-order valence-electron chi connectivity index (χ3n) is 3.69. The van der Waals surface area contributed by atoms with Crippen LogP contribution in [0.15, 0.2) is 29.4 Å². The lowest BCUT2D eigenvalue weighted by molar-refractivity contribution is -0.121. The zero-order valence-corrected chi connectivity index (χ0v) is 14.9. The van der Waals surface area contributed by atoms with E-state index in [0.29, 0.717) is 12.2 Å². The molecule has 0 unspecified atom stereocenters. The number of hydrogen-bond donors (Lipinski definition) is 2. The van der Waals surface area contributed by atoms with Gasteiger partial charge in [-0.3, -0.25) is 4.79 Å². The molecule has 0 aliphatic carbocycles. The number of carbonyl (C=O) groups excluding carboxylic acids is 1. The van der Waals surface area contributed by atoms with Gasteiger partial charge in [0, 0.05) is 13.5 Å². The van der Waals surface area contributed by atoms with Crippen LogP contribution < -0.4 is 14.8 Å². The van der Waals surface area contributed by atoms with Crippen molar-refractivity contribution < 1.29 is 17.9 Å². The molecule has 1 amide bonds. The van der Waals surface area contributed by atoms with Gasteiger partial charge in [-0.05, 0) is 37.6 Å². The SMILES string of the molecule is CNC(=O)Cn1cnc(NS(=O)(=O)c2ccc3c(c2)CC(C)(C)O3)n1. The van der Waals surface area contributed by atoms with Crippen LogP contribution in [0.1, 0.15) is 19.4 Å². The minimum absolute atomic E-state index is 0.0451. The summed E-state index contributed by atoms with van der Waals surface area (Å²) in [5, 5.41) is 6.38. The molecular formula is C15H19N5O4S. The van der Waals surface area contributed by atoms with Crippen LogP contribution in [0, 0.1) is 0 Å². The lowest BCUT2D eigenvalue weighted by Gasteiger charge is -2.16. The summed E-state index contributed by atoms with van der Waals surface area (Å²) in [6.45, 7) is 3.85. The van der Waals surface area contributed by atoms with E-state index < -0.39 is 10.0 Å². The lowest BCUT2D eigenvalue weighted by Crippen LogP contribution is -2.24. The Morgan fingerprint density at radius 2 is 2.16 bits per heavy atom. The van der Waals surface area contributed by atoms with E-state index in [1.807, 2.05) is 13.8 Å². The number of sulfonamides is 1. The van der Waals surface area contributed by atoms with Gasteiger partial charge in [-0.25, -0.2) is 17.8 Å². The first-order chi connectivity index (χ1) is 11.7. The van der Waals surface area contributed by atoms with Crippen molar-refractivity contribution in [2.75, 3.05) is 11.8 Å². The van der Waals surface area contributed by atoms with Gasteiger partial charge >= 0.3 is 0 Å². The number of carbonyl (C=O) groups is 1. The molecule has 1 aromatic heterocycles. The Morgan fingerprint density at radius 1 is 1.40 bits per heavy atom. The fourth-order valence-corrected chi connectivity index (χ4v) is 3.57. The van der Waals surface area contributed by atoms with E-state index >= 15 is 0 Å². The maximum atomic E-state index is 12.5. The predicted molar refractivity (Wildman–Crippen MR) is 89.8 cm³/mol. The Morgan fingerprint density at radius 3 is 2.88 bits per heavy atom. The monoisotopic (exact) mass is 365 g/mol. The first-order valence-corrected chi connectivity index (χ1v) is 9.12. The van der Waals surface area contributed by atoms with E-state index in [1.54, 1.807) is 12.1 Å². The van der Waals surface area contributed by atoms with Gasteiger partial charge in [-0.1, -0.05) is 0 Å². The van der Waals surface area contributed by atoms with E-state index in [2.05, 4.69) is 20.1 Å². The standard InChI is InChI=1S/C15H19N5O4S/c1-15(2)7-10-6-11(4-5-12(10)24-15)25(22,23)19-14-17-9-20(18-14)8-13(21)16-3/h4-6,9H,7-8H2,1-3H3,(H,16,21)(H,18,19). The zero-order chi connectivity index (χ0) is 18.2. The average molecular weight is 365 g/mol. The summed E-state index contributed by atoms with van der Waals surface area (Å²) >= 11 is 0. The molecule has 1 aromatic carbocycles. The van der Waals surface area contributed by atoms with Crippen LogP contribution >= 0.6 is 0 Å². The summed E-state index contributed by atoms with van der Waals surface area (Å²) in [5.41, 5.74) is 0.490. The number of ether oxygens (including phenoxy) is 1. The molecule has 2 N–H and O–H groups in total. The van der Waals surface area contributed by atoms with Crippen molar-refractivity contribution in [3.63, 3.8) is 0 Å². The van der Waals surface area contributed by atoms with E-state index in [0.717, 1.165) is 5.56 Å². The molecule has 0 radical (unpaired) electrons. The number of nitrogens with zero attached hydrogens (tertiary/aromatic N) is 3. The summed E-state index contributed by atoms with van der Waals surface area (Å²) < 4.78 is 34.4. The molecule has 25 heavy (non-hydrogen) atoms. The number of hydrogen-bond acceptors (Lipinski definition) is 6. The number of fused-ring (bicyclic) bond motifs is 1. The van der Waals surface area contributed by atoms with Gasteiger partial charge in [-0.15, -0.1) is 5.10 Å². The third-order valence-corrected chi connectivity index (χ3v) is 5.02. The van der Waals surface area contributed by atoms with Crippen LogP contribution in [-0.2, 0) is 27.8 Å². The van der Waals surface area contributed by atoms with Crippen molar-refractivity contribution in [2.45, 2.75) is 37.3 Å². The molecular weight excluding hydrogens is 346 g/mol. The van der Waals surface area contributed by atoms with Gasteiger partial charge in [0.2, 0.25) is 5.91 Å². The summed E-state index contributed by atoms with van der Waals surface area (Å²) in [7, 11) is -2.34. The minimum Gasteiger partial charge on any atom is -0.487 e. The van der Waals surface area contributed by atoms with Crippen molar-refractivity contribution in [2.24, 2.45) is 0 Å². The van der Waals surface area contributed by atoms with E-state index in [4.69, 9.17) is 4.74 Å². The van der Waals surface area contributed by atoms with Gasteiger partial charge < -0.3 is 10.1 Å². The predicted octanol–water partition coefficient (Wildman–Crippen LogP) is 0.538.